The van der Waals surface area contributed by atoms with Crippen LogP contribution in [0.15, 0.2) is 103 Å². The molecule has 0 saturated heterocycles. The topological polar surface area (TPSA) is 210 Å². The average molecular weight is 766 g/mol. The summed E-state index contributed by atoms with van der Waals surface area (Å²) in [6.45, 7) is -0.186. The molecule has 0 bridgehead atoms. The molecule has 4 aromatic carbocycles. The molecule has 0 saturated carbocycles. The van der Waals surface area contributed by atoms with Crippen molar-refractivity contribution in [3.8, 4) is 16.9 Å². The van der Waals surface area contributed by atoms with E-state index in [1.165, 1.54) is 19.1 Å². The molecule has 0 heterocycles. The Bertz CT molecular complexity index is 1960. The van der Waals surface area contributed by atoms with Gasteiger partial charge in [0.1, 0.15) is 38.3 Å². The Labute approximate surface area is 323 Å². The van der Waals surface area contributed by atoms with Crippen molar-refractivity contribution in [2.24, 2.45) is 0 Å². The fourth-order valence-electron chi connectivity index (χ4n) is 5.88. The maximum Gasteiger partial charge on any atom is 0.407 e. The molecule has 15 nitrogen and oxygen atoms in total. The van der Waals surface area contributed by atoms with Gasteiger partial charge in [-0.15, -0.1) is 0 Å². The number of hydrogen-bond donors (Lipinski definition) is 6. The van der Waals surface area contributed by atoms with Gasteiger partial charge in [0.2, 0.25) is 23.6 Å². The summed E-state index contributed by atoms with van der Waals surface area (Å²) in [4.78, 5) is 75.5. The molecule has 5 amide bonds. The van der Waals surface area contributed by atoms with E-state index in [0.29, 0.717) is 5.56 Å². The third-order valence-corrected chi connectivity index (χ3v) is 8.79. The maximum atomic E-state index is 13.1. The van der Waals surface area contributed by atoms with Crippen LogP contribution < -0.4 is 26.6 Å². The molecule has 2 atom stereocenters. The summed E-state index contributed by atoms with van der Waals surface area (Å²) in [5.74, 6) is -3.50. The van der Waals surface area contributed by atoms with Gasteiger partial charge in [-0.05, 0) is 52.4 Å². The fourth-order valence-corrected chi connectivity index (χ4v) is 5.88. The van der Waals surface area contributed by atoms with Crippen LogP contribution >= 0.6 is 0 Å². The number of carbonyl (C=O) groups is 6. The van der Waals surface area contributed by atoms with Gasteiger partial charge >= 0.3 is 12.1 Å². The summed E-state index contributed by atoms with van der Waals surface area (Å²) < 4.78 is 16.0. The molecule has 0 aliphatic heterocycles. The van der Waals surface area contributed by atoms with Gasteiger partial charge in [0.25, 0.3) is 0 Å². The van der Waals surface area contributed by atoms with Crippen molar-refractivity contribution in [1.29, 1.82) is 0 Å². The molecule has 1 aliphatic rings. The Hall–Kier alpha value is -6.74. The van der Waals surface area contributed by atoms with Crippen LogP contribution in [-0.4, -0.2) is 85.9 Å². The lowest BCUT2D eigenvalue weighted by atomic mass is 9.98. The van der Waals surface area contributed by atoms with Gasteiger partial charge in [0.15, 0.2) is 6.10 Å². The minimum absolute atomic E-state index is 0.00542. The number of hydrogen-bond acceptors (Lipinski definition) is 10. The molecule has 292 valence electrons. The van der Waals surface area contributed by atoms with Crippen LogP contribution in [0.4, 0.5) is 4.79 Å². The number of rotatable bonds is 18. The summed E-state index contributed by atoms with van der Waals surface area (Å²) in [7, 11) is 0. The van der Waals surface area contributed by atoms with Crippen LogP contribution in [-0.2, 0) is 51.2 Å². The number of ether oxygens (including phenoxy) is 3. The number of amides is 5. The monoisotopic (exact) mass is 765 g/mol. The molecule has 6 N–H and O–H groups in total. The van der Waals surface area contributed by atoms with Crippen LogP contribution in [0.2, 0.25) is 0 Å². The quantitative estimate of drug-likeness (QED) is 0.0644. The first kappa shape index (κ1) is 40.4. The van der Waals surface area contributed by atoms with Crippen molar-refractivity contribution < 1.29 is 48.1 Å². The first-order valence-electron chi connectivity index (χ1n) is 17.9. The highest BCUT2D eigenvalue weighted by Crippen LogP contribution is 2.44. The number of aromatic hydroxyl groups is 1. The van der Waals surface area contributed by atoms with Crippen molar-refractivity contribution in [2.75, 3.05) is 33.0 Å². The number of benzene rings is 4. The van der Waals surface area contributed by atoms with Gasteiger partial charge in [-0.2, -0.15) is 0 Å². The lowest BCUT2D eigenvalue weighted by Crippen LogP contribution is -2.52. The normalized spacial score (nSPS) is 12.5. The molecule has 5 rings (SSSR count). The van der Waals surface area contributed by atoms with E-state index < -0.39 is 67.5 Å². The predicted octanol–water partition coefficient (Wildman–Crippen LogP) is 2.41. The van der Waals surface area contributed by atoms with E-state index in [2.05, 4.69) is 26.6 Å². The molecule has 4 aromatic rings. The Morgan fingerprint density at radius 1 is 0.643 bits per heavy atom. The highest BCUT2D eigenvalue weighted by atomic mass is 16.6. The van der Waals surface area contributed by atoms with Crippen molar-refractivity contribution >= 4 is 35.7 Å². The lowest BCUT2D eigenvalue weighted by molar-refractivity contribution is -0.158. The van der Waals surface area contributed by atoms with Crippen LogP contribution in [0.3, 0.4) is 0 Å². The van der Waals surface area contributed by atoms with Gasteiger partial charge in [0, 0.05) is 12.3 Å². The third-order valence-electron chi connectivity index (χ3n) is 8.79. The Morgan fingerprint density at radius 3 is 1.91 bits per heavy atom. The van der Waals surface area contributed by atoms with Crippen LogP contribution in [0.1, 0.15) is 35.1 Å². The number of phenols is 1. The first-order valence-corrected chi connectivity index (χ1v) is 17.9. The Balaban J connectivity index is 1.02. The molecule has 15 heteroatoms. The average Bonchev–Trinajstić information content (AvgIpc) is 3.53. The van der Waals surface area contributed by atoms with Crippen molar-refractivity contribution in [1.82, 2.24) is 26.6 Å². The van der Waals surface area contributed by atoms with E-state index in [4.69, 9.17) is 14.2 Å². The minimum atomic E-state index is -1.17. The second-order valence-corrected chi connectivity index (χ2v) is 12.8. The first-order chi connectivity index (χ1) is 27.1. The molecular weight excluding hydrogens is 722 g/mol. The van der Waals surface area contributed by atoms with E-state index >= 15 is 0 Å². The van der Waals surface area contributed by atoms with Gasteiger partial charge in [-0.3, -0.25) is 19.2 Å². The fraction of sp³-hybridized carbons (Fsp3) is 0.268. The largest absolute Gasteiger partial charge is 0.508 e. The van der Waals surface area contributed by atoms with Gasteiger partial charge in [0.05, 0.1) is 13.1 Å². The second kappa shape index (κ2) is 20.1. The SMILES string of the molecule is C[C@@H](OCNC(=O)CNC(=O)[C@H](Cc1ccc(O)cc1)NC(=O)CNC(=O)CNC(=O)OCC1c2ccccc2-c2ccccc21)C(=O)OCc1ccccc1. The van der Waals surface area contributed by atoms with Crippen LogP contribution in [0, 0.1) is 0 Å². The molecule has 0 fully saturated rings. The summed E-state index contributed by atoms with van der Waals surface area (Å²) in [6.07, 6.45) is -1.78. The number of fused-ring (bicyclic) bond motifs is 3. The summed E-state index contributed by atoms with van der Waals surface area (Å²) in [5, 5.41) is 21.8. The smallest absolute Gasteiger partial charge is 0.407 e. The van der Waals surface area contributed by atoms with Crippen LogP contribution in [0.25, 0.3) is 11.1 Å². The molecule has 0 radical (unpaired) electrons. The maximum absolute atomic E-state index is 13.1. The van der Waals surface area contributed by atoms with E-state index in [-0.39, 0.29) is 38.0 Å². The number of phenolic OH excluding ortho intramolecular Hbond substituents is 1. The highest BCUT2D eigenvalue weighted by Gasteiger charge is 2.29. The summed E-state index contributed by atoms with van der Waals surface area (Å²) in [5.41, 5.74) is 5.64. The Kier molecular flexibility index (Phi) is 14.5. The van der Waals surface area contributed by atoms with Crippen LogP contribution in [0.5, 0.6) is 5.75 Å². The molecule has 0 spiro atoms. The zero-order valence-electron chi connectivity index (χ0n) is 30.6. The Morgan fingerprint density at radius 2 is 1.23 bits per heavy atom. The second-order valence-electron chi connectivity index (χ2n) is 12.8. The van der Waals surface area contributed by atoms with Crippen molar-refractivity contribution in [3.63, 3.8) is 0 Å². The van der Waals surface area contributed by atoms with E-state index in [9.17, 15) is 33.9 Å². The van der Waals surface area contributed by atoms with E-state index in [0.717, 1.165) is 27.8 Å². The van der Waals surface area contributed by atoms with Gasteiger partial charge in [-0.1, -0.05) is 91.0 Å². The predicted molar refractivity (Wildman–Crippen MR) is 203 cm³/mol. The third kappa shape index (κ3) is 11.9. The lowest BCUT2D eigenvalue weighted by Gasteiger charge is -2.19. The van der Waals surface area contributed by atoms with E-state index in [1.54, 1.807) is 12.1 Å². The summed E-state index contributed by atoms with van der Waals surface area (Å²) >= 11 is 0. The summed E-state index contributed by atoms with van der Waals surface area (Å²) in [6, 6.07) is 29.7. The molecule has 56 heavy (non-hydrogen) atoms. The number of esters is 1. The number of carbonyl (C=O) groups excluding carboxylic acids is 6. The standard InChI is InChI=1S/C41H43N5O10/c1-26(40(52)54-23-28-9-3-2-4-10-28)56-25-45-37(49)20-43-39(51)35(19-27-15-17-29(47)18-16-27)46-38(50)22-42-36(48)21-44-41(53)55-24-34-32-13-7-5-11-30(32)31-12-6-8-14-33(31)34/h2-18,26,34-35,47H,19-25H2,1H3,(H,42,48)(H,43,51)(H,44,53)(H,45,49)(H,46,50)/t26-,35+/m1/s1. The van der Waals surface area contributed by atoms with Gasteiger partial charge in [-0.25, -0.2) is 9.59 Å². The van der Waals surface area contributed by atoms with E-state index in [1.807, 2.05) is 78.9 Å². The zero-order chi connectivity index (χ0) is 39.9. The highest BCUT2D eigenvalue weighted by molar-refractivity contribution is 5.92. The zero-order valence-corrected chi connectivity index (χ0v) is 30.6. The number of nitrogens with one attached hydrogen (secondary N) is 5. The number of alkyl carbamates (subject to hydrolysis) is 1. The van der Waals surface area contributed by atoms with Crippen molar-refractivity contribution in [3.05, 3.63) is 125 Å². The van der Waals surface area contributed by atoms with Crippen molar-refractivity contribution in [2.45, 2.75) is 38.0 Å². The van der Waals surface area contributed by atoms with Gasteiger partial charge < -0.3 is 45.9 Å². The molecular formula is C41H43N5O10. The molecule has 0 aromatic heterocycles. The molecule has 1 aliphatic carbocycles. The minimum Gasteiger partial charge on any atom is -0.508 e. The molecule has 0 unspecified atom stereocenters.